The second-order valence-corrected chi connectivity index (χ2v) is 4.69. The van der Waals surface area contributed by atoms with Crippen LogP contribution in [0.3, 0.4) is 0 Å². The highest BCUT2D eigenvalue weighted by atomic mass is 19.1. The Morgan fingerprint density at radius 3 is 2.45 bits per heavy atom. The summed E-state index contributed by atoms with van der Waals surface area (Å²) in [6, 6.07) is 10.6. The molecule has 4 heteroatoms. The minimum atomic E-state index is -0.436. The van der Waals surface area contributed by atoms with Crippen LogP contribution in [0.2, 0.25) is 0 Å². The number of rotatable bonds is 4. The van der Waals surface area contributed by atoms with Crippen molar-refractivity contribution in [3.63, 3.8) is 0 Å². The van der Waals surface area contributed by atoms with Crippen molar-refractivity contribution in [2.75, 3.05) is 11.4 Å². The third-order valence-corrected chi connectivity index (χ3v) is 3.21. The molecule has 2 N–H and O–H groups in total. The first kappa shape index (κ1) is 14.5. The number of halogens is 2. The summed E-state index contributed by atoms with van der Waals surface area (Å²) in [5.74, 6) is -0.660. The summed E-state index contributed by atoms with van der Waals surface area (Å²) >= 11 is 0. The molecule has 0 saturated heterocycles. The standard InChI is InChI=1S/C16H18F2N2/c1-3-20(13-7-4-6-12(17)10-13)15-9-5-8-14(18)16(15)11(2)19/h4-11H,3,19H2,1-2H3. The normalized spacial score (nSPS) is 12.2. The zero-order valence-corrected chi connectivity index (χ0v) is 11.6. The second kappa shape index (κ2) is 6.01. The fraction of sp³-hybridized carbons (Fsp3) is 0.250. The van der Waals surface area contributed by atoms with Crippen molar-refractivity contribution in [3.05, 3.63) is 59.7 Å². The predicted octanol–water partition coefficient (Wildman–Crippen LogP) is 4.14. The Bertz CT molecular complexity index is 597. The molecule has 106 valence electrons. The molecule has 0 fully saturated rings. The van der Waals surface area contributed by atoms with Crippen LogP contribution in [0.15, 0.2) is 42.5 Å². The Kier molecular flexibility index (Phi) is 4.35. The van der Waals surface area contributed by atoms with Crippen LogP contribution in [0.4, 0.5) is 20.2 Å². The van der Waals surface area contributed by atoms with E-state index in [1.54, 1.807) is 31.2 Å². The Morgan fingerprint density at radius 2 is 1.85 bits per heavy atom. The molecule has 0 aromatic heterocycles. The lowest BCUT2D eigenvalue weighted by atomic mass is 10.0. The van der Waals surface area contributed by atoms with E-state index in [-0.39, 0.29) is 11.6 Å². The van der Waals surface area contributed by atoms with Crippen LogP contribution in [0.1, 0.15) is 25.5 Å². The maximum absolute atomic E-state index is 14.0. The van der Waals surface area contributed by atoms with Gasteiger partial charge >= 0.3 is 0 Å². The Hall–Kier alpha value is -1.94. The Balaban J connectivity index is 2.55. The highest BCUT2D eigenvalue weighted by Crippen LogP contribution is 2.33. The number of hydrogen-bond acceptors (Lipinski definition) is 2. The average molecular weight is 276 g/mol. The molecule has 1 atom stereocenters. The summed E-state index contributed by atoms with van der Waals surface area (Å²) in [5, 5.41) is 0. The van der Waals surface area contributed by atoms with Gasteiger partial charge in [-0.05, 0) is 44.2 Å². The van der Waals surface area contributed by atoms with Gasteiger partial charge in [0.25, 0.3) is 0 Å². The van der Waals surface area contributed by atoms with Crippen molar-refractivity contribution in [2.45, 2.75) is 19.9 Å². The maximum atomic E-state index is 14.0. The highest BCUT2D eigenvalue weighted by Gasteiger charge is 2.18. The summed E-state index contributed by atoms with van der Waals surface area (Å²) in [6.45, 7) is 4.26. The highest BCUT2D eigenvalue weighted by molar-refractivity contribution is 5.67. The van der Waals surface area contributed by atoms with Crippen molar-refractivity contribution in [1.82, 2.24) is 0 Å². The first-order valence-corrected chi connectivity index (χ1v) is 6.61. The van der Waals surface area contributed by atoms with Crippen molar-refractivity contribution in [3.8, 4) is 0 Å². The smallest absolute Gasteiger partial charge is 0.130 e. The number of hydrogen-bond donors (Lipinski definition) is 1. The van der Waals surface area contributed by atoms with Crippen LogP contribution in [0.5, 0.6) is 0 Å². The number of anilines is 2. The van der Waals surface area contributed by atoms with Crippen molar-refractivity contribution < 1.29 is 8.78 Å². The van der Waals surface area contributed by atoms with E-state index in [4.69, 9.17) is 5.73 Å². The topological polar surface area (TPSA) is 29.3 Å². The van der Waals surface area contributed by atoms with Gasteiger partial charge < -0.3 is 10.6 Å². The monoisotopic (exact) mass is 276 g/mol. The van der Waals surface area contributed by atoms with Crippen LogP contribution < -0.4 is 10.6 Å². The largest absolute Gasteiger partial charge is 0.341 e. The van der Waals surface area contributed by atoms with Gasteiger partial charge in [-0.25, -0.2) is 8.78 Å². The van der Waals surface area contributed by atoms with Gasteiger partial charge in [0, 0.05) is 29.5 Å². The lowest BCUT2D eigenvalue weighted by Gasteiger charge is -2.27. The lowest BCUT2D eigenvalue weighted by Crippen LogP contribution is -2.21. The Morgan fingerprint density at radius 1 is 1.15 bits per heavy atom. The second-order valence-electron chi connectivity index (χ2n) is 4.69. The Labute approximate surface area is 117 Å². The summed E-state index contributed by atoms with van der Waals surface area (Å²) < 4.78 is 27.4. The van der Waals surface area contributed by atoms with Crippen molar-refractivity contribution in [1.29, 1.82) is 0 Å². The molecule has 0 saturated carbocycles. The van der Waals surface area contributed by atoms with E-state index in [0.29, 0.717) is 23.5 Å². The molecule has 0 heterocycles. The third kappa shape index (κ3) is 2.80. The number of nitrogens with two attached hydrogens (primary N) is 1. The first-order chi connectivity index (χ1) is 9.54. The molecule has 0 radical (unpaired) electrons. The summed E-state index contributed by atoms with van der Waals surface area (Å²) in [4.78, 5) is 1.85. The molecule has 0 amide bonds. The zero-order chi connectivity index (χ0) is 14.7. The van der Waals surface area contributed by atoms with Gasteiger partial charge in [-0.15, -0.1) is 0 Å². The van der Waals surface area contributed by atoms with E-state index < -0.39 is 6.04 Å². The molecule has 2 aromatic rings. The molecule has 2 nitrogen and oxygen atoms in total. The van der Waals surface area contributed by atoms with Gasteiger partial charge in [-0.1, -0.05) is 12.1 Å². The van der Waals surface area contributed by atoms with Crippen LogP contribution in [0.25, 0.3) is 0 Å². The van der Waals surface area contributed by atoms with Gasteiger partial charge in [0.05, 0.1) is 0 Å². The van der Waals surface area contributed by atoms with Crippen LogP contribution in [0, 0.1) is 11.6 Å². The predicted molar refractivity (Wildman–Crippen MR) is 78.1 cm³/mol. The molecule has 0 aliphatic heterocycles. The lowest BCUT2D eigenvalue weighted by molar-refractivity contribution is 0.593. The fourth-order valence-electron chi connectivity index (χ4n) is 2.35. The van der Waals surface area contributed by atoms with Crippen LogP contribution in [-0.2, 0) is 0 Å². The molecule has 0 aliphatic rings. The van der Waals surface area contributed by atoms with Crippen molar-refractivity contribution in [2.24, 2.45) is 5.73 Å². The van der Waals surface area contributed by atoms with E-state index in [0.717, 1.165) is 0 Å². The molecular weight excluding hydrogens is 258 g/mol. The molecule has 0 aliphatic carbocycles. The molecular formula is C16H18F2N2. The SMILES string of the molecule is CCN(c1cccc(F)c1)c1cccc(F)c1C(C)N. The van der Waals surface area contributed by atoms with Crippen LogP contribution >= 0.6 is 0 Å². The molecule has 0 bridgehead atoms. The van der Waals surface area contributed by atoms with Gasteiger partial charge in [0.1, 0.15) is 11.6 Å². The molecule has 2 aromatic carbocycles. The van der Waals surface area contributed by atoms with Gasteiger partial charge in [-0.2, -0.15) is 0 Å². The molecule has 2 rings (SSSR count). The van der Waals surface area contributed by atoms with E-state index in [9.17, 15) is 8.78 Å². The van der Waals surface area contributed by atoms with Gasteiger partial charge in [0.15, 0.2) is 0 Å². The zero-order valence-electron chi connectivity index (χ0n) is 11.6. The first-order valence-electron chi connectivity index (χ1n) is 6.61. The summed E-state index contributed by atoms with van der Waals surface area (Å²) in [5.41, 5.74) is 7.67. The molecule has 20 heavy (non-hydrogen) atoms. The van der Waals surface area contributed by atoms with Gasteiger partial charge in [0.2, 0.25) is 0 Å². The maximum Gasteiger partial charge on any atom is 0.130 e. The molecule has 0 spiro atoms. The number of nitrogens with zero attached hydrogens (tertiary/aromatic N) is 1. The summed E-state index contributed by atoms with van der Waals surface area (Å²) in [7, 11) is 0. The van der Waals surface area contributed by atoms with E-state index >= 15 is 0 Å². The fourth-order valence-corrected chi connectivity index (χ4v) is 2.35. The quantitative estimate of drug-likeness (QED) is 0.909. The minimum absolute atomic E-state index is 0.320. The average Bonchev–Trinajstić information content (AvgIpc) is 2.39. The number of benzene rings is 2. The van der Waals surface area contributed by atoms with Crippen LogP contribution in [-0.4, -0.2) is 6.54 Å². The van der Waals surface area contributed by atoms with E-state index in [1.165, 1.54) is 18.2 Å². The third-order valence-electron chi connectivity index (χ3n) is 3.21. The summed E-state index contributed by atoms with van der Waals surface area (Å²) in [6.07, 6.45) is 0. The molecule has 1 unspecified atom stereocenters. The van der Waals surface area contributed by atoms with Crippen molar-refractivity contribution >= 4 is 11.4 Å². The van der Waals surface area contributed by atoms with Gasteiger partial charge in [-0.3, -0.25) is 0 Å². The minimum Gasteiger partial charge on any atom is -0.341 e. The van der Waals surface area contributed by atoms with E-state index in [2.05, 4.69) is 0 Å². The van der Waals surface area contributed by atoms with E-state index in [1.807, 2.05) is 11.8 Å².